The molecule has 3 aromatic rings. The van der Waals surface area contributed by atoms with Crippen LogP contribution in [0.25, 0.3) is 22.5 Å². The SMILES string of the molecule is CCCCC1=C(Cc2ccc(-c3ccccc3-c3nn[nH]n3)cc2)C(=O)N(C(=O)OCC)C(C)(C)N1. The number of aromatic nitrogens is 4. The minimum absolute atomic E-state index is 0.202. The first-order chi connectivity index (χ1) is 17.4. The Morgan fingerprint density at radius 3 is 2.42 bits per heavy atom. The summed E-state index contributed by atoms with van der Waals surface area (Å²) in [6.45, 7) is 7.69. The number of H-pyrrole nitrogens is 1. The van der Waals surface area contributed by atoms with Crippen molar-refractivity contribution in [2.45, 2.75) is 59.0 Å². The molecule has 2 aromatic carbocycles. The molecular weight excluding hydrogens is 456 g/mol. The van der Waals surface area contributed by atoms with Gasteiger partial charge in [0.25, 0.3) is 5.91 Å². The first-order valence-corrected chi connectivity index (χ1v) is 12.3. The Kier molecular flexibility index (Phi) is 7.47. The predicted octanol–water partition coefficient (Wildman–Crippen LogP) is 4.84. The quantitative estimate of drug-likeness (QED) is 0.466. The minimum atomic E-state index is -0.876. The van der Waals surface area contributed by atoms with Gasteiger partial charge in [-0.25, -0.2) is 9.69 Å². The van der Waals surface area contributed by atoms with Crippen molar-refractivity contribution in [3.63, 3.8) is 0 Å². The van der Waals surface area contributed by atoms with Crippen LogP contribution in [0.5, 0.6) is 0 Å². The molecule has 0 bridgehead atoms. The molecule has 0 aliphatic carbocycles. The van der Waals surface area contributed by atoms with E-state index in [1.807, 2.05) is 62.4 Å². The van der Waals surface area contributed by atoms with Gasteiger partial charge in [0.2, 0.25) is 5.82 Å². The molecule has 0 atom stereocenters. The number of carbonyl (C=O) groups is 2. The highest BCUT2D eigenvalue weighted by atomic mass is 16.6. The van der Waals surface area contributed by atoms with Gasteiger partial charge in [-0.3, -0.25) is 4.79 Å². The third kappa shape index (κ3) is 5.15. The number of hydrogen-bond acceptors (Lipinski definition) is 7. The molecule has 4 rings (SSSR count). The molecule has 188 valence electrons. The average molecular weight is 489 g/mol. The zero-order chi connectivity index (χ0) is 25.7. The summed E-state index contributed by atoms with van der Waals surface area (Å²) < 4.78 is 5.20. The van der Waals surface area contributed by atoms with Crippen LogP contribution in [0.1, 0.15) is 52.5 Å². The van der Waals surface area contributed by atoms with E-state index in [-0.39, 0.29) is 12.5 Å². The standard InChI is InChI=1S/C27H32N6O3/c1-5-7-12-23-22(25(34)33(26(35)36-6-2)27(3,4)28-23)17-18-13-15-19(16-14-18)20-10-8-9-11-21(20)24-29-31-32-30-24/h8-11,13-16,28H,5-7,12,17H2,1-4H3,(H,29,30,31,32). The summed E-state index contributed by atoms with van der Waals surface area (Å²) in [6, 6.07) is 15.9. The van der Waals surface area contributed by atoms with Gasteiger partial charge in [0.05, 0.1) is 6.61 Å². The van der Waals surface area contributed by atoms with Crippen LogP contribution in [-0.4, -0.2) is 49.8 Å². The van der Waals surface area contributed by atoms with Crippen LogP contribution >= 0.6 is 0 Å². The zero-order valence-electron chi connectivity index (χ0n) is 21.2. The summed E-state index contributed by atoms with van der Waals surface area (Å²) in [4.78, 5) is 27.5. The number of tetrazole rings is 1. The zero-order valence-corrected chi connectivity index (χ0v) is 21.2. The van der Waals surface area contributed by atoms with E-state index in [1.54, 1.807) is 6.92 Å². The third-order valence-corrected chi connectivity index (χ3v) is 6.23. The number of carbonyl (C=O) groups excluding carboxylic acids is 2. The van der Waals surface area contributed by atoms with Gasteiger partial charge in [-0.05, 0) is 55.5 Å². The van der Waals surface area contributed by atoms with Crippen LogP contribution in [0.15, 0.2) is 59.8 Å². The van der Waals surface area contributed by atoms with Crippen molar-refractivity contribution in [1.82, 2.24) is 30.8 Å². The van der Waals surface area contributed by atoms with E-state index in [9.17, 15) is 9.59 Å². The molecule has 2 N–H and O–H groups in total. The minimum Gasteiger partial charge on any atom is -0.449 e. The number of allylic oxidation sites excluding steroid dienone is 1. The molecule has 2 amide bonds. The van der Waals surface area contributed by atoms with Crippen LogP contribution in [-0.2, 0) is 16.0 Å². The highest BCUT2D eigenvalue weighted by Gasteiger charge is 2.43. The van der Waals surface area contributed by atoms with Gasteiger partial charge in [0.1, 0.15) is 5.66 Å². The van der Waals surface area contributed by atoms with Crippen LogP contribution in [0.4, 0.5) is 4.79 Å². The highest BCUT2D eigenvalue weighted by Crippen LogP contribution is 2.32. The van der Waals surface area contributed by atoms with Crippen molar-refractivity contribution in [3.8, 4) is 22.5 Å². The van der Waals surface area contributed by atoms with Crippen molar-refractivity contribution in [3.05, 3.63) is 65.4 Å². The number of rotatable bonds is 8. The van der Waals surface area contributed by atoms with E-state index < -0.39 is 11.8 Å². The van der Waals surface area contributed by atoms with Gasteiger partial charge in [-0.2, -0.15) is 5.21 Å². The Morgan fingerprint density at radius 2 is 1.78 bits per heavy atom. The normalized spacial score (nSPS) is 15.1. The van der Waals surface area contributed by atoms with Crippen LogP contribution < -0.4 is 5.32 Å². The molecule has 0 saturated heterocycles. The lowest BCUT2D eigenvalue weighted by atomic mass is 9.93. The van der Waals surface area contributed by atoms with Crippen LogP contribution in [0.3, 0.4) is 0 Å². The molecule has 0 radical (unpaired) electrons. The Balaban J connectivity index is 1.65. The van der Waals surface area contributed by atoms with Gasteiger partial charge < -0.3 is 10.1 Å². The van der Waals surface area contributed by atoms with Gasteiger partial charge >= 0.3 is 6.09 Å². The van der Waals surface area contributed by atoms with Crippen molar-refractivity contribution in [1.29, 1.82) is 0 Å². The number of benzene rings is 2. The molecule has 2 heterocycles. The number of ether oxygens (including phenoxy) is 1. The predicted molar refractivity (Wildman–Crippen MR) is 136 cm³/mol. The maximum absolute atomic E-state index is 13.6. The van der Waals surface area contributed by atoms with E-state index >= 15 is 0 Å². The Labute approximate surface area is 210 Å². The number of amides is 2. The van der Waals surface area contributed by atoms with Crippen LogP contribution in [0, 0.1) is 0 Å². The highest BCUT2D eigenvalue weighted by molar-refractivity contribution is 6.04. The molecular formula is C27H32N6O3. The van der Waals surface area contributed by atoms with Crippen molar-refractivity contribution in [2.75, 3.05) is 6.61 Å². The molecule has 36 heavy (non-hydrogen) atoms. The smallest absolute Gasteiger partial charge is 0.418 e. The second-order valence-corrected chi connectivity index (χ2v) is 9.24. The van der Waals surface area contributed by atoms with Gasteiger partial charge in [0, 0.05) is 23.3 Å². The number of nitrogens with zero attached hydrogens (tertiary/aromatic N) is 4. The first-order valence-electron chi connectivity index (χ1n) is 12.3. The molecule has 0 saturated carbocycles. The van der Waals surface area contributed by atoms with Gasteiger partial charge in [0.15, 0.2) is 0 Å². The fourth-order valence-corrected chi connectivity index (χ4v) is 4.48. The number of aromatic amines is 1. The third-order valence-electron chi connectivity index (χ3n) is 6.23. The van der Waals surface area contributed by atoms with E-state index in [4.69, 9.17) is 4.74 Å². The average Bonchev–Trinajstić information content (AvgIpc) is 3.40. The molecule has 1 aliphatic heterocycles. The summed E-state index contributed by atoms with van der Waals surface area (Å²) in [6.07, 6.45) is 2.46. The molecule has 9 nitrogen and oxygen atoms in total. The number of nitrogens with one attached hydrogen (secondary N) is 2. The Morgan fingerprint density at radius 1 is 1.06 bits per heavy atom. The van der Waals surface area contributed by atoms with E-state index in [0.717, 1.165) is 47.2 Å². The molecule has 9 heteroatoms. The Hall–Kier alpha value is -4.01. The topological polar surface area (TPSA) is 113 Å². The fourth-order valence-electron chi connectivity index (χ4n) is 4.48. The van der Waals surface area contributed by atoms with E-state index in [2.05, 4.69) is 32.9 Å². The molecule has 0 spiro atoms. The lowest BCUT2D eigenvalue weighted by Crippen LogP contribution is -2.63. The number of hydrogen-bond donors (Lipinski definition) is 2. The van der Waals surface area contributed by atoms with Gasteiger partial charge in [-0.15, -0.1) is 10.2 Å². The van der Waals surface area contributed by atoms with Gasteiger partial charge in [-0.1, -0.05) is 61.9 Å². The lowest BCUT2D eigenvalue weighted by Gasteiger charge is -2.43. The largest absolute Gasteiger partial charge is 0.449 e. The lowest BCUT2D eigenvalue weighted by molar-refractivity contribution is -0.132. The molecule has 0 unspecified atom stereocenters. The van der Waals surface area contributed by atoms with Crippen molar-refractivity contribution in [2.24, 2.45) is 0 Å². The molecule has 1 aliphatic rings. The first kappa shape index (κ1) is 25.1. The van der Waals surface area contributed by atoms with E-state index in [0.29, 0.717) is 17.8 Å². The number of imide groups is 1. The molecule has 1 aromatic heterocycles. The summed E-state index contributed by atoms with van der Waals surface area (Å²) in [5, 5.41) is 17.8. The maximum atomic E-state index is 13.6. The Bertz CT molecular complexity index is 1250. The second kappa shape index (κ2) is 10.7. The second-order valence-electron chi connectivity index (χ2n) is 9.24. The van der Waals surface area contributed by atoms with Crippen LogP contribution in [0.2, 0.25) is 0 Å². The van der Waals surface area contributed by atoms with E-state index in [1.165, 1.54) is 4.90 Å². The number of unbranched alkanes of at least 4 members (excludes halogenated alkanes) is 1. The van der Waals surface area contributed by atoms with Crippen molar-refractivity contribution < 1.29 is 14.3 Å². The molecule has 0 fully saturated rings. The summed E-state index contributed by atoms with van der Waals surface area (Å²) >= 11 is 0. The summed E-state index contributed by atoms with van der Waals surface area (Å²) in [5.74, 6) is 0.218. The van der Waals surface area contributed by atoms with Crippen molar-refractivity contribution >= 4 is 12.0 Å². The summed E-state index contributed by atoms with van der Waals surface area (Å²) in [7, 11) is 0. The monoisotopic (exact) mass is 488 g/mol. The fraction of sp³-hybridized carbons (Fsp3) is 0.370. The summed E-state index contributed by atoms with van der Waals surface area (Å²) in [5.41, 5.74) is 4.44. The maximum Gasteiger partial charge on any atom is 0.418 e.